The summed E-state index contributed by atoms with van der Waals surface area (Å²) < 4.78 is 0. The molecule has 0 saturated carbocycles. The van der Waals surface area contributed by atoms with Gasteiger partial charge in [0.25, 0.3) is 0 Å². The first-order valence-corrected chi connectivity index (χ1v) is 4.43. The van der Waals surface area contributed by atoms with Gasteiger partial charge in [0.15, 0.2) is 0 Å². The molecule has 3 heteroatoms. The summed E-state index contributed by atoms with van der Waals surface area (Å²) in [7, 11) is 1.98. The van der Waals surface area contributed by atoms with Crippen molar-refractivity contribution in [2.45, 2.75) is 13.8 Å². The number of piperidine rings is 1. The van der Waals surface area contributed by atoms with Crippen molar-refractivity contribution in [2.75, 3.05) is 20.1 Å². The summed E-state index contributed by atoms with van der Waals surface area (Å²) in [6, 6.07) is 0. The van der Waals surface area contributed by atoms with E-state index in [0.29, 0.717) is 18.4 Å². The fourth-order valence-corrected chi connectivity index (χ4v) is 1.93. The van der Waals surface area contributed by atoms with Crippen LogP contribution in [-0.4, -0.2) is 36.1 Å². The van der Waals surface area contributed by atoms with Crippen LogP contribution in [0, 0.1) is 17.8 Å². The van der Waals surface area contributed by atoms with Crippen LogP contribution in [0.5, 0.6) is 0 Å². The Kier molecular flexibility index (Phi) is 2.73. The number of hydrogen-bond acceptors (Lipinski definition) is 2. The largest absolute Gasteiger partial charge is 0.481 e. The summed E-state index contributed by atoms with van der Waals surface area (Å²) in [5.41, 5.74) is 0. The van der Waals surface area contributed by atoms with Crippen molar-refractivity contribution in [1.29, 1.82) is 0 Å². The fraction of sp³-hybridized carbons (Fsp3) is 0.889. The van der Waals surface area contributed by atoms with Crippen LogP contribution in [0.25, 0.3) is 0 Å². The van der Waals surface area contributed by atoms with Crippen LogP contribution in [0.3, 0.4) is 0 Å². The minimum absolute atomic E-state index is 0.182. The van der Waals surface area contributed by atoms with Crippen LogP contribution in [0.1, 0.15) is 13.8 Å². The SMILES string of the molecule is CC1CN(C)CC(C(=O)O)C1C. The van der Waals surface area contributed by atoms with Gasteiger partial charge in [-0.1, -0.05) is 13.8 Å². The zero-order chi connectivity index (χ0) is 9.30. The van der Waals surface area contributed by atoms with Crippen LogP contribution >= 0.6 is 0 Å². The lowest BCUT2D eigenvalue weighted by Crippen LogP contribution is -2.45. The highest BCUT2D eigenvalue weighted by Crippen LogP contribution is 2.27. The fourth-order valence-electron chi connectivity index (χ4n) is 1.93. The minimum atomic E-state index is -0.652. The number of aliphatic carboxylic acids is 1. The lowest BCUT2D eigenvalue weighted by molar-refractivity contribution is -0.146. The van der Waals surface area contributed by atoms with E-state index in [0.717, 1.165) is 6.54 Å². The summed E-state index contributed by atoms with van der Waals surface area (Å²) in [4.78, 5) is 12.9. The van der Waals surface area contributed by atoms with Crippen LogP contribution in [0.15, 0.2) is 0 Å². The zero-order valence-corrected chi connectivity index (χ0v) is 7.95. The number of nitrogens with zero attached hydrogens (tertiary/aromatic N) is 1. The third-order valence-electron chi connectivity index (χ3n) is 2.96. The van der Waals surface area contributed by atoms with Crippen LogP contribution in [-0.2, 0) is 4.79 Å². The average molecular weight is 171 g/mol. The van der Waals surface area contributed by atoms with Gasteiger partial charge in [0, 0.05) is 13.1 Å². The Hall–Kier alpha value is -0.570. The van der Waals surface area contributed by atoms with Gasteiger partial charge in [-0.05, 0) is 18.9 Å². The molecule has 0 spiro atoms. The third-order valence-corrected chi connectivity index (χ3v) is 2.96. The molecule has 1 heterocycles. The second-order valence-electron chi connectivity index (χ2n) is 4.00. The molecule has 3 atom stereocenters. The molecule has 0 aromatic rings. The molecule has 70 valence electrons. The predicted octanol–water partition coefficient (Wildman–Crippen LogP) is 0.905. The maximum Gasteiger partial charge on any atom is 0.308 e. The van der Waals surface area contributed by atoms with Gasteiger partial charge in [0.1, 0.15) is 0 Å². The van der Waals surface area contributed by atoms with E-state index >= 15 is 0 Å². The van der Waals surface area contributed by atoms with E-state index in [1.807, 2.05) is 14.0 Å². The maximum absolute atomic E-state index is 10.8. The van der Waals surface area contributed by atoms with Gasteiger partial charge in [-0.15, -0.1) is 0 Å². The highest BCUT2D eigenvalue weighted by atomic mass is 16.4. The molecule has 0 aromatic carbocycles. The van der Waals surface area contributed by atoms with Crippen molar-refractivity contribution in [1.82, 2.24) is 4.90 Å². The normalized spacial score (nSPS) is 38.1. The first-order valence-electron chi connectivity index (χ1n) is 4.43. The first kappa shape index (κ1) is 9.52. The van der Waals surface area contributed by atoms with Gasteiger partial charge in [0.2, 0.25) is 0 Å². The Bertz CT molecular complexity index is 181. The van der Waals surface area contributed by atoms with Crippen molar-refractivity contribution < 1.29 is 9.90 Å². The topological polar surface area (TPSA) is 40.5 Å². The number of carbonyl (C=O) groups is 1. The molecule has 0 amide bonds. The molecule has 3 unspecified atom stereocenters. The van der Waals surface area contributed by atoms with Crippen molar-refractivity contribution in [3.05, 3.63) is 0 Å². The standard InChI is InChI=1S/C9H17NO2/c1-6-4-10(3)5-8(7(6)2)9(11)12/h6-8H,4-5H2,1-3H3,(H,11,12). The third kappa shape index (κ3) is 1.78. The van der Waals surface area contributed by atoms with E-state index in [2.05, 4.69) is 11.8 Å². The molecule has 3 nitrogen and oxygen atoms in total. The summed E-state index contributed by atoms with van der Waals surface area (Å²) in [5, 5.41) is 8.92. The Morgan fingerprint density at radius 2 is 2.00 bits per heavy atom. The molecule has 1 aliphatic rings. The van der Waals surface area contributed by atoms with E-state index in [1.54, 1.807) is 0 Å². The van der Waals surface area contributed by atoms with E-state index in [1.165, 1.54) is 0 Å². The zero-order valence-electron chi connectivity index (χ0n) is 7.95. The van der Waals surface area contributed by atoms with Crippen LogP contribution < -0.4 is 0 Å². The summed E-state index contributed by atoms with van der Waals surface area (Å²) >= 11 is 0. The van der Waals surface area contributed by atoms with E-state index in [9.17, 15) is 4.79 Å². The molecular weight excluding hydrogens is 154 g/mol. The molecule has 0 bridgehead atoms. The van der Waals surface area contributed by atoms with Gasteiger partial charge in [-0.25, -0.2) is 0 Å². The smallest absolute Gasteiger partial charge is 0.308 e. The Morgan fingerprint density at radius 3 is 2.50 bits per heavy atom. The molecule has 0 aliphatic carbocycles. The van der Waals surface area contributed by atoms with E-state index in [4.69, 9.17) is 5.11 Å². The first-order chi connectivity index (χ1) is 5.52. The lowest BCUT2D eigenvalue weighted by Gasteiger charge is -2.37. The Labute approximate surface area is 73.4 Å². The van der Waals surface area contributed by atoms with Gasteiger partial charge in [-0.3, -0.25) is 4.79 Å². The van der Waals surface area contributed by atoms with Gasteiger partial charge in [-0.2, -0.15) is 0 Å². The van der Waals surface area contributed by atoms with Crippen molar-refractivity contribution >= 4 is 5.97 Å². The number of rotatable bonds is 1. The molecule has 1 rings (SSSR count). The molecular formula is C9H17NO2. The van der Waals surface area contributed by atoms with E-state index in [-0.39, 0.29) is 5.92 Å². The average Bonchev–Trinajstić information content (AvgIpc) is 1.96. The minimum Gasteiger partial charge on any atom is -0.481 e. The predicted molar refractivity (Wildman–Crippen MR) is 47.0 cm³/mol. The molecule has 0 aromatic heterocycles. The molecule has 1 N–H and O–H groups in total. The van der Waals surface area contributed by atoms with Gasteiger partial charge in [0.05, 0.1) is 5.92 Å². The van der Waals surface area contributed by atoms with Crippen LogP contribution in [0.4, 0.5) is 0 Å². The number of carboxylic acids is 1. The van der Waals surface area contributed by atoms with E-state index < -0.39 is 5.97 Å². The molecule has 0 radical (unpaired) electrons. The number of hydrogen-bond donors (Lipinski definition) is 1. The highest BCUT2D eigenvalue weighted by molar-refractivity contribution is 5.70. The van der Waals surface area contributed by atoms with Crippen molar-refractivity contribution in [3.63, 3.8) is 0 Å². The second-order valence-corrected chi connectivity index (χ2v) is 4.00. The maximum atomic E-state index is 10.8. The molecule has 1 fully saturated rings. The van der Waals surface area contributed by atoms with Crippen LogP contribution in [0.2, 0.25) is 0 Å². The van der Waals surface area contributed by atoms with Gasteiger partial charge >= 0.3 is 5.97 Å². The summed E-state index contributed by atoms with van der Waals surface area (Å²) in [6.45, 7) is 5.87. The number of carboxylic acid groups (broad SMARTS) is 1. The summed E-state index contributed by atoms with van der Waals surface area (Å²) in [6.07, 6.45) is 0. The number of likely N-dealkylation sites (tertiary alicyclic amines) is 1. The highest BCUT2D eigenvalue weighted by Gasteiger charge is 2.34. The van der Waals surface area contributed by atoms with Crippen molar-refractivity contribution in [3.8, 4) is 0 Å². The molecule has 1 aliphatic heterocycles. The second kappa shape index (κ2) is 3.44. The Morgan fingerprint density at radius 1 is 1.42 bits per heavy atom. The molecule has 1 saturated heterocycles. The van der Waals surface area contributed by atoms with Crippen molar-refractivity contribution in [2.24, 2.45) is 17.8 Å². The lowest BCUT2D eigenvalue weighted by atomic mass is 9.80. The van der Waals surface area contributed by atoms with Gasteiger partial charge < -0.3 is 10.0 Å². The Balaban J connectivity index is 2.66. The monoisotopic (exact) mass is 171 g/mol. The quantitative estimate of drug-likeness (QED) is 0.637. The summed E-state index contributed by atoms with van der Waals surface area (Å²) in [5.74, 6) is -0.0387. The molecule has 12 heavy (non-hydrogen) atoms.